The largest absolute Gasteiger partial charge is 0.456 e. The summed E-state index contributed by atoms with van der Waals surface area (Å²) in [5, 5.41) is 7.41. The van der Waals surface area contributed by atoms with E-state index in [0.29, 0.717) is 0 Å². The predicted molar refractivity (Wildman–Crippen MR) is 181 cm³/mol. The molecule has 0 fully saturated rings. The standard InChI is InChI=1S/C42H26O/c1-2-12-27(13-3-1)40-32-18-6-8-20-34(32)42(35-21-9-7-19-33(35)40)31-17-5-4-16-30(31)29-24-25-38-37(26-29)36-22-10-14-28-15-11-23-39(43-38)41(28)36/h1-26H. The minimum absolute atomic E-state index is 0.899. The van der Waals surface area contributed by atoms with E-state index in [0.717, 1.165) is 17.1 Å². The van der Waals surface area contributed by atoms with Crippen LogP contribution in [-0.2, 0) is 0 Å². The highest BCUT2D eigenvalue weighted by molar-refractivity contribution is 6.22. The van der Waals surface area contributed by atoms with Gasteiger partial charge in [-0.3, -0.25) is 0 Å². The monoisotopic (exact) mass is 546 g/mol. The van der Waals surface area contributed by atoms with Crippen LogP contribution in [0.4, 0.5) is 0 Å². The second-order valence-electron chi connectivity index (χ2n) is 11.2. The molecule has 9 rings (SSSR count). The van der Waals surface area contributed by atoms with Crippen molar-refractivity contribution in [1.82, 2.24) is 0 Å². The van der Waals surface area contributed by atoms with Crippen molar-refractivity contribution in [2.24, 2.45) is 0 Å². The van der Waals surface area contributed by atoms with E-state index in [4.69, 9.17) is 4.74 Å². The van der Waals surface area contributed by atoms with Crippen molar-refractivity contribution >= 4 is 32.3 Å². The number of hydrogen-bond donors (Lipinski definition) is 0. The van der Waals surface area contributed by atoms with Gasteiger partial charge in [-0.25, -0.2) is 0 Å². The first kappa shape index (κ1) is 24.0. The van der Waals surface area contributed by atoms with Gasteiger partial charge in [-0.15, -0.1) is 0 Å². The third kappa shape index (κ3) is 3.65. The smallest absolute Gasteiger partial charge is 0.135 e. The van der Waals surface area contributed by atoms with Crippen molar-refractivity contribution in [1.29, 1.82) is 0 Å². The molecule has 0 aromatic heterocycles. The Labute approximate surface area is 250 Å². The van der Waals surface area contributed by atoms with Gasteiger partial charge in [0.2, 0.25) is 0 Å². The Balaban J connectivity index is 1.32. The molecule has 0 atom stereocenters. The fraction of sp³-hybridized carbons (Fsp3) is 0. The first-order valence-electron chi connectivity index (χ1n) is 14.8. The fourth-order valence-electron chi connectivity index (χ4n) is 7.02. The Morgan fingerprint density at radius 3 is 1.63 bits per heavy atom. The Morgan fingerprint density at radius 2 is 0.907 bits per heavy atom. The van der Waals surface area contributed by atoms with Gasteiger partial charge in [0.25, 0.3) is 0 Å². The second kappa shape index (κ2) is 9.44. The van der Waals surface area contributed by atoms with Gasteiger partial charge < -0.3 is 4.74 Å². The molecule has 43 heavy (non-hydrogen) atoms. The van der Waals surface area contributed by atoms with E-state index in [9.17, 15) is 0 Å². The van der Waals surface area contributed by atoms with Crippen LogP contribution in [-0.4, -0.2) is 0 Å². The van der Waals surface area contributed by atoms with Crippen molar-refractivity contribution in [3.63, 3.8) is 0 Å². The van der Waals surface area contributed by atoms with Crippen LogP contribution in [0.5, 0.6) is 11.5 Å². The summed E-state index contributed by atoms with van der Waals surface area (Å²) in [4.78, 5) is 0. The molecule has 1 heteroatoms. The van der Waals surface area contributed by atoms with E-state index in [1.807, 2.05) is 0 Å². The molecule has 1 aliphatic rings. The maximum Gasteiger partial charge on any atom is 0.135 e. The van der Waals surface area contributed by atoms with E-state index in [-0.39, 0.29) is 0 Å². The SMILES string of the molecule is c1ccc(-c2c3ccccc3c(-c3ccccc3-c3ccc4c(c3)-c3cccc5cccc(c35)O4)c3ccccc23)cc1. The summed E-state index contributed by atoms with van der Waals surface area (Å²) in [5.74, 6) is 1.82. The van der Waals surface area contributed by atoms with Gasteiger partial charge in [0.05, 0.1) is 0 Å². The number of benzene rings is 8. The van der Waals surface area contributed by atoms with E-state index >= 15 is 0 Å². The molecule has 0 amide bonds. The molecule has 200 valence electrons. The number of ether oxygens (including phenoxy) is 1. The fourth-order valence-corrected chi connectivity index (χ4v) is 7.02. The summed E-state index contributed by atoms with van der Waals surface area (Å²) in [6, 6.07) is 56.8. The zero-order chi connectivity index (χ0) is 28.3. The Morgan fingerprint density at radius 1 is 0.326 bits per heavy atom. The molecule has 0 spiro atoms. The zero-order valence-electron chi connectivity index (χ0n) is 23.4. The first-order valence-corrected chi connectivity index (χ1v) is 14.8. The second-order valence-corrected chi connectivity index (χ2v) is 11.2. The number of hydrogen-bond acceptors (Lipinski definition) is 1. The average molecular weight is 547 g/mol. The molecule has 0 aliphatic carbocycles. The highest BCUT2D eigenvalue weighted by atomic mass is 16.5. The lowest BCUT2D eigenvalue weighted by atomic mass is 9.83. The lowest BCUT2D eigenvalue weighted by Gasteiger charge is -2.23. The molecule has 0 unspecified atom stereocenters. The molecule has 0 bridgehead atoms. The van der Waals surface area contributed by atoms with Crippen LogP contribution in [0.15, 0.2) is 158 Å². The van der Waals surface area contributed by atoms with E-state index in [1.165, 1.54) is 71.3 Å². The van der Waals surface area contributed by atoms with Crippen LogP contribution < -0.4 is 4.74 Å². The maximum atomic E-state index is 6.43. The molecular weight excluding hydrogens is 520 g/mol. The molecular formula is C42H26O. The topological polar surface area (TPSA) is 9.23 Å². The Hall–Kier alpha value is -5.66. The van der Waals surface area contributed by atoms with Crippen LogP contribution in [0.2, 0.25) is 0 Å². The van der Waals surface area contributed by atoms with Crippen LogP contribution in [0.25, 0.3) is 76.8 Å². The lowest BCUT2D eigenvalue weighted by molar-refractivity contribution is 0.487. The van der Waals surface area contributed by atoms with Gasteiger partial charge in [0, 0.05) is 10.9 Å². The molecule has 1 nitrogen and oxygen atoms in total. The average Bonchev–Trinajstić information content (AvgIpc) is 3.08. The molecule has 0 saturated heterocycles. The van der Waals surface area contributed by atoms with Crippen molar-refractivity contribution < 1.29 is 4.74 Å². The molecule has 1 heterocycles. The quantitative estimate of drug-likeness (QED) is 0.200. The van der Waals surface area contributed by atoms with Gasteiger partial charge in [-0.05, 0) is 84.1 Å². The third-order valence-electron chi connectivity index (χ3n) is 8.86. The minimum Gasteiger partial charge on any atom is -0.456 e. The summed E-state index contributed by atoms with van der Waals surface area (Å²) in [5.41, 5.74) is 9.74. The molecule has 8 aromatic rings. The summed E-state index contributed by atoms with van der Waals surface area (Å²) in [6.45, 7) is 0. The summed E-state index contributed by atoms with van der Waals surface area (Å²) in [6.07, 6.45) is 0. The van der Waals surface area contributed by atoms with Crippen LogP contribution in [0.1, 0.15) is 0 Å². The van der Waals surface area contributed by atoms with Crippen molar-refractivity contribution in [3.05, 3.63) is 158 Å². The van der Waals surface area contributed by atoms with Crippen LogP contribution >= 0.6 is 0 Å². The van der Waals surface area contributed by atoms with Gasteiger partial charge in [0.15, 0.2) is 0 Å². The van der Waals surface area contributed by atoms with E-state index in [1.54, 1.807) is 0 Å². The normalized spacial score (nSPS) is 11.9. The highest BCUT2D eigenvalue weighted by Crippen LogP contribution is 2.49. The van der Waals surface area contributed by atoms with Gasteiger partial charge in [0.1, 0.15) is 11.5 Å². The first-order chi connectivity index (χ1) is 21.3. The predicted octanol–water partition coefficient (Wildman–Crippen LogP) is 11.9. The van der Waals surface area contributed by atoms with Gasteiger partial charge in [-0.2, -0.15) is 0 Å². The summed E-state index contributed by atoms with van der Waals surface area (Å²) in [7, 11) is 0. The van der Waals surface area contributed by atoms with Crippen LogP contribution in [0.3, 0.4) is 0 Å². The van der Waals surface area contributed by atoms with Gasteiger partial charge in [-0.1, -0.05) is 140 Å². The van der Waals surface area contributed by atoms with E-state index < -0.39 is 0 Å². The maximum absolute atomic E-state index is 6.43. The third-order valence-corrected chi connectivity index (χ3v) is 8.86. The number of rotatable bonds is 3. The van der Waals surface area contributed by atoms with Crippen molar-refractivity contribution in [3.8, 4) is 56.0 Å². The van der Waals surface area contributed by atoms with Gasteiger partial charge >= 0.3 is 0 Å². The summed E-state index contributed by atoms with van der Waals surface area (Å²) < 4.78 is 6.43. The molecule has 0 saturated carbocycles. The number of fused-ring (bicyclic) bond motifs is 4. The molecule has 1 aliphatic heterocycles. The molecule has 8 aromatic carbocycles. The lowest BCUT2D eigenvalue weighted by Crippen LogP contribution is -1.97. The molecule has 0 N–H and O–H groups in total. The van der Waals surface area contributed by atoms with Crippen molar-refractivity contribution in [2.45, 2.75) is 0 Å². The molecule has 0 radical (unpaired) electrons. The Bertz CT molecular complexity index is 2300. The minimum atomic E-state index is 0.899. The zero-order valence-corrected chi connectivity index (χ0v) is 23.4. The van der Waals surface area contributed by atoms with Crippen molar-refractivity contribution in [2.75, 3.05) is 0 Å². The van der Waals surface area contributed by atoms with E-state index in [2.05, 4.69) is 158 Å². The highest BCUT2D eigenvalue weighted by Gasteiger charge is 2.22. The van der Waals surface area contributed by atoms with Crippen LogP contribution in [0, 0.1) is 0 Å². The Kier molecular flexibility index (Phi) is 5.27. The summed E-state index contributed by atoms with van der Waals surface area (Å²) >= 11 is 0.